The molecule has 0 aromatic rings. The molecular formula is C24H44O6. The second-order valence-corrected chi connectivity index (χ2v) is 8.55. The van der Waals surface area contributed by atoms with E-state index in [2.05, 4.69) is 26.8 Å². The van der Waals surface area contributed by atoms with Crippen molar-refractivity contribution in [3.8, 4) is 0 Å². The van der Waals surface area contributed by atoms with Crippen LogP contribution in [0.3, 0.4) is 0 Å². The Bertz CT molecular complexity index is 516. The third-order valence-electron chi connectivity index (χ3n) is 6.49. The Morgan fingerprint density at radius 2 is 1.67 bits per heavy atom. The van der Waals surface area contributed by atoms with Crippen LogP contribution in [0.1, 0.15) is 52.9 Å². The molecule has 0 bridgehead atoms. The molecule has 176 valence electrons. The fraction of sp³-hybridized carbons (Fsp3) is 0.833. The molecule has 0 aliphatic heterocycles. The van der Waals surface area contributed by atoms with Crippen molar-refractivity contribution in [1.82, 2.24) is 0 Å². The molecule has 8 unspecified atom stereocenters. The van der Waals surface area contributed by atoms with E-state index in [9.17, 15) is 10.2 Å². The minimum Gasteiger partial charge on any atom is -0.393 e. The van der Waals surface area contributed by atoms with Crippen LogP contribution in [0, 0.1) is 17.8 Å². The summed E-state index contributed by atoms with van der Waals surface area (Å²) < 4.78 is 21.4. The number of ether oxygens (including phenoxy) is 4. The molecular weight excluding hydrogens is 384 g/mol. The first-order chi connectivity index (χ1) is 14.3. The highest BCUT2D eigenvalue weighted by atomic mass is 16.6. The zero-order chi connectivity index (χ0) is 22.7. The Morgan fingerprint density at radius 3 is 2.20 bits per heavy atom. The highest BCUT2D eigenvalue weighted by Crippen LogP contribution is 2.49. The van der Waals surface area contributed by atoms with E-state index in [-0.39, 0.29) is 18.3 Å². The highest BCUT2D eigenvalue weighted by Gasteiger charge is 2.46. The number of aliphatic hydroxyl groups is 2. The monoisotopic (exact) mass is 428 g/mol. The van der Waals surface area contributed by atoms with Crippen molar-refractivity contribution in [3.63, 3.8) is 0 Å². The van der Waals surface area contributed by atoms with Crippen LogP contribution in [0.25, 0.3) is 0 Å². The SMILES string of the molecule is CCC(OC)C(C)C1CC1C(O)C/C=C/C=C(\C)CC(CC(OC)C(O)OC)OC. The minimum atomic E-state index is -0.969. The smallest absolute Gasteiger partial charge is 0.180 e. The van der Waals surface area contributed by atoms with Crippen molar-refractivity contribution in [2.24, 2.45) is 17.8 Å². The molecule has 2 N–H and O–H groups in total. The first-order valence-electron chi connectivity index (χ1n) is 11.1. The van der Waals surface area contributed by atoms with Gasteiger partial charge in [-0.1, -0.05) is 37.6 Å². The van der Waals surface area contributed by atoms with Gasteiger partial charge in [0.2, 0.25) is 0 Å². The second-order valence-electron chi connectivity index (χ2n) is 8.55. The van der Waals surface area contributed by atoms with Gasteiger partial charge in [-0.05, 0) is 50.4 Å². The molecule has 0 heterocycles. The third kappa shape index (κ3) is 8.77. The van der Waals surface area contributed by atoms with E-state index in [4.69, 9.17) is 18.9 Å². The first kappa shape index (κ1) is 27.3. The van der Waals surface area contributed by atoms with Crippen molar-refractivity contribution in [1.29, 1.82) is 0 Å². The van der Waals surface area contributed by atoms with E-state index in [0.717, 1.165) is 24.8 Å². The molecule has 0 spiro atoms. The molecule has 0 aromatic heterocycles. The van der Waals surface area contributed by atoms with Crippen molar-refractivity contribution in [2.45, 2.75) is 83.6 Å². The Balaban J connectivity index is 2.44. The van der Waals surface area contributed by atoms with Crippen LogP contribution in [-0.4, -0.2) is 69.4 Å². The van der Waals surface area contributed by atoms with Crippen LogP contribution in [0.5, 0.6) is 0 Å². The van der Waals surface area contributed by atoms with Crippen LogP contribution in [0.4, 0.5) is 0 Å². The van der Waals surface area contributed by atoms with Crippen LogP contribution < -0.4 is 0 Å². The normalized spacial score (nSPS) is 25.7. The predicted molar refractivity (Wildman–Crippen MR) is 119 cm³/mol. The summed E-state index contributed by atoms with van der Waals surface area (Å²) in [7, 11) is 6.45. The van der Waals surface area contributed by atoms with Gasteiger partial charge >= 0.3 is 0 Å². The summed E-state index contributed by atoms with van der Waals surface area (Å²) >= 11 is 0. The van der Waals surface area contributed by atoms with E-state index in [1.807, 2.05) is 12.2 Å². The fourth-order valence-electron chi connectivity index (χ4n) is 4.37. The van der Waals surface area contributed by atoms with Crippen molar-refractivity contribution < 1.29 is 29.2 Å². The molecule has 6 heteroatoms. The minimum absolute atomic E-state index is 0.0732. The number of aliphatic hydroxyl groups excluding tert-OH is 2. The number of allylic oxidation sites excluding steroid dienone is 2. The molecule has 1 fully saturated rings. The molecule has 0 aromatic carbocycles. The van der Waals surface area contributed by atoms with Crippen LogP contribution in [0.15, 0.2) is 23.8 Å². The maximum absolute atomic E-state index is 10.5. The van der Waals surface area contributed by atoms with Crippen molar-refractivity contribution in [2.75, 3.05) is 28.4 Å². The molecule has 1 rings (SSSR count). The number of hydrogen-bond acceptors (Lipinski definition) is 6. The van der Waals surface area contributed by atoms with Gasteiger partial charge in [0, 0.05) is 34.9 Å². The number of rotatable bonds is 16. The molecule has 0 saturated heterocycles. The molecule has 1 aliphatic carbocycles. The van der Waals surface area contributed by atoms with Crippen molar-refractivity contribution in [3.05, 3.63) is 23.8 Å². The lowest BCUT2D eigenvalue weighted by Gasteiger charge is -2.24. The predicted octanol–water partition coefficient (Wildman–Crippen LogP) is 3.71. The van der Waals surface area contributed by atoms with Crippen LogP contribution in [0.2, 0.25) is 0 Å². The Labute approximate surface area is 183 Å². The summed E-state index contributed by atoms with van der Waals surface area (Å²) in [5, 5.41) is 20.3. The maximum Gasteiger partial charge on any atom is 0.180 e. The molecule has 30 heavy (non-hydrogen) atoms. The van der Waals surface area contributed by atoms with Gasteiger partial charge in [-0.3, -0.25) is 0 Å². The van der Waals surface area contributed by atoms with Gasteiger partial charge < -0.3 is 29.2 Å². The zero-order valence-corrected chi connectivity index (χ0v) is 19.9. The first-order valence-corrected chi connectivity index (χ1v) is 11.1. The molecule has 6 nitrogen and oxygen atoms in total. The van der Waals surface area contributed by atoms with Gasteiger partial charge in [0.25, 0.3) is 0 Å². The van der Waals surface area contributed by atoms with Gasteiger partial charge in [-0.25, -0.2) is 0 Å². The maximum atomic E-state index is 10.5. The summed E-state index contributed by atoms with van der Waals surface area (Å²) in [5.74, 6) is 1.44. The largest absolute Gasteiger partial charge is 0.393 e. The summed E-state index contributed by atoms with van der Waals surface area (Å²) in [5.41, 5.74) is 1.16. The van der Waals surface area contributed by atoms with Gasteiger partial charge in [-0.2, -0.15) is 0 Å². The molecule has 8 atom stereocenters. The Kier molecular flexibility index (Phi) is 13.0. The van der Waals surface area contributed by atoms with E-state index in [0.29, 0.717) is 30.6 Å². The lowest BCUT2D eigenvalue weighted by atomic mass is 9.94. The van der Waals surface area contributed by atoms with E-state index in [1.165, 1.54) is 7.11 Å². The van der Waals surface area contributed by atoms with Crippen molar-refractivity contribution >= 4 is 0 Å². The lowest BCUT2D eigenvalue weighted by Crippen LogP contribution is -2.33. The Morgan fingerprint density at radius 1 is 1.00 bits per heavy atom. The number of methoxy groups -OCH3 is 4. The van der Waals surface area contributed by atoms with Crippen LogP contribution >= 0.6 is 0 Å². The van der Waals surface area contributed by atoms with Gasteiger partial charge in [-0.15, -0.1) is 0 Å². The lowest BCUT2D eigenvalue weighted by molar-refractivity contribution is -0.164. The van der Waals surface area contributed by atoms with Gasteiger partial charge in [0.05, 0.1) is 18.3 Å². The zero-order valence-electron chi connectivity index (χ0n) is 19.9. The topological polar surface area (TPSA) is 77.4 Å². The molecule has 1 saturated carbocycles. The van der Waals surface area contributed by atoms with Gasteiger partial charge in [0.1, 0.15) is 6.10 Å². The van der Waals surface area contributed by atoms with E-state index >= 15 is 0 Å². The summed E-state index contributed by atoms with van der Waals surface area (Å²) in [4.78, 5) is 0. The standard InChI is InChI=1S/C24H44O6/c1-8-22(28-5)17(3)19-15-20(19)21(25)12-10-9-11-16(2)13-18(27-4)14-23(29-6)24(26)30-7/h9-11,17-26H,8,12-15H2,1-7H3/b10-9+,16-11+. The average molecular weight is 429 g/mol. The second kappa shape index (κ2) is 14.3. The highest BCUT2D eigenvalue weighted by molar-refractivity contribution is 5.12. The summed E-state index contributed by atoms with van der Waals surface area (Å²) in [6, 6.07) is 0. The van der Waals surface area contributed by atoms with Crippen LogP contribution in [-0.2, 0) is 18.9 Å². The Hall–Kier alpha value is -0.760. The fourth-order valence-corrected chi connectivity index (χ4v) is 4.37. The average Bonchev–Trinajstić information content (AvgIpc) is 3.55. The van der Waals surface area contributed by atoms with E-state index < -0.39 is 12.4 Å². The van der Waals surface area contributed by atoms with Gasteiger partial charge in [0.15, 0.2) is 6.29 Å². The summed E-state index contributed by atoms with van der Waals surface area (Å²) in [6.07, 6.45) is 8.66. The number of hydrogen-bond donors (Lipinski definition) is 2. The molecule has 0 amide bonds. The molecule has 0 radical (unpaired) electrons. The van der Waals surface area contributed by atoms with E-state index in [1.54, 1.807) is 21.3 Å². The summed E-state index contributed by atoms with van der Waals surface area (Å²) in [6.45, 7) is 6.44. The third-order valence-corrected chi connectivity index (χ3v) is 6.49. The molecule has 1 aliphatic rings. The quantitative estimate of drug-likeness (QED) is 0.288.